The Labute approximate surface area is 195 Å². The molecular formula is C24H31N9. The lowest BCUT2D eigenvalue weighted by Crippen LogP contribution is -2.32. The van der Waals surface area contributed by atoms with Gasteiger partial charge in [0.1, 0.15) is 29.3 Å². The number of nitrogen functional groups attached to an aromatic ring is 2. The molecule has 1 aromatic heterocycles. The van der Waals surface area contributed by atoms with Crippen molar-refractivity contribution in [2.24, 2.45) is 4.99 Å². The van der Waals surface area contributed by atoms with Gasteiger partial charge in [-0.25, -0.2) is 9.98 Å². The smallest absolute Gasteiger partial charge is 0.211 e. The monoisotopic (exact) mass is 445 g/mol. The number of nitrogens with one attached hydrogen (secondary N) is 2. The Morgan fingerprint density at radius 2 is 1.88 bits per heavy atom. The van der Waals surface area contributed by atoms with Gasteiger partial charge in [0, 0.05) is 12.1 Å². The minimum absolute atomic E-state index is 0.0365. The van der Waals surface area contributed by atoms with Gasteiger partial charge in [0.2, 0.25) is 5.96 Å². The third kappa shape index (κ3) is 5.51. The minimum Gasteiger partial charge on any atom is -0.397 e. The van der Waals surface area contributed by atoms with Crippen molar-refractivity contribution < 1.29 is 0 Å². The lowest BCUT2D eigenvalue weighted by molar-refractivity contribution is 0.257. The van der Waals surface area contributed by atoms with E-state index in [-0.39, 0.29) is 23.0 Å². The first-order valence-electron chi connectivity index (χ1n) is 11.3. The Kier molecular flexibility index (Phi) is 8.06. The second-order valence-corrected chi connectivity index (χ2v) is 8.13. The van der Waals surface area contributed by atoms with E-state index in [4.69, 9.17) is 16.7 Å². The number of rotatable bonds is 9. The highest BCUT2D eigenvalue weighted by molar-refractivity contribution is 5.98. The molecule has 1 aliphatic rings. The number of hydrogen-bond donors (Lipinski definition) is 4. The molecule has 6 N–H and O–H groups in total. The maximum atomic E-state index is 9.51. The van der Waals surface area contributed by atoms with Crippen LogP contribution in [0.25, 0.3) is 0 Å². The van der Waals surface area contributed by atoms with Crippen molar-refractivity contribution in [1.29, 1.82) is 10.5 Å². The Morgan fingerprint density at radius 1 is 1.15 bits per heavy atom. The van der Waals surface area contributed by atoms with Gasteiger partial charge in [0.15, 0.2) is 6.19 Å². The zero-order chi connectivity index (χ0) is 23.8. The fourth-order valence-electron chi connectivity index (χ4n) is 3.98. The summed E-state index contributed by atoms with van der Waals surface area (Å²) in [5, 5.41) is 24.1. The number of hydrogen-bond acceptors (Lipinski definition) is 9. The van der Waals surface area contributed by atoms with Crippen LogP contribution in [0.2, 0.25) is 0 Å². The van der Waals surface area contributed by atoms with E-state index in [1.807, 2.05) is 24.4 Å². The van der Waals surface area contributed by atoms with Crippen molar-refractivity contribution in [3.8, 4) is 12.3 Å². The molecule has 33 heavy (non-hydrogen) atoms. The summed E-state index contributed by atoms with van der Waals surface area (Å²) in [4.78, 5) is 11.5. The molecule has 0 spiro atoms. The number of anilines is 3. The molecule has 0 saturated carbocycles. The summed E-state index contributed by atoms with van der Waals surface area (Å²) in [6.45, 7) is 7.38. The van der Waals surface area contributed by atoms with Crippen LogP contribution in [0.1, 0.15) is 67.8 Å². The van der Waals surface area contributed by atoms with Gasteiger partial charge in [0.05, 0.1) is 5.69 Å². The van der Waals surface area contributed by atoms with E-state index in [1.54, 1.807) is 0 Å². The van der Waals surface area contributed by atoms with Gasteiger partial charge in [0.25, 0.3) is 0 Å². The summed E-state index contributed by atoms with van der Waals surface area (Å²) in [5.74, 6) is 0.679. The van der Waals surface area contributed by atoms with Crippen LogP contribution in [-0.4, -0.2) is 28.9 Å². The van der Waals surface area contributed by atoms with Crippen LogP contribution in [-0.2, 0) is 6.54 Å². The number of fused-ring (bicyclic) bond motifs is 1. The fraction of sp³-hybridized carbons (Fsp3) is 0.417. The summed E-state index contributed by atoms with van der Waals surface area (Å²) in [6.07, 6.45) is 6.53. The van der Waals surface area contributed by atoms with E-state index in [0.717, 1.165) is 38.0 Å². The van der Waals surface area contributed by atoms with Crippen molar-refractivity contribution >= 4 is 23.3 Å². The van der Waals surface area contributed by atoms with Crippen LogP contribution < -0.4 is 22.1 Å². The second kappa shape index (κ2) is 11.2. The molecule has 172 valence electrons. The van der Waals surface area contributed by atoms with E-state index in [9.17, 15) is 5.26 Å². The maximum Gasteiger partial charge on any atom is 0.211 e. The van der Waals surface area contributed by atoms with Crippen molar-refractivity contribution in [3.63, 3.8) is 0 Å². The summed E-state index contributed by atoms with van der Waals surface area (Å²) < 4.78 is 0. The van der Waals surface area contributed by atoms with Gasteiger partial charge in [-0.15, -0.1) is 0 Å². The van der Waals surface area contributed by atoms with E-state index in [1.165, 1.54) is 18.4 Å². The highest BCUT2D eigenvalue weighted by Crippen LogP contribution is 2.40. The van der Waals surface area contributed by atoms with Crippen molar-refractivity contribution in [3.05, 3.63) is 46.5 Å². The molecule has 0 aliphatic carbocycles. The standard InChI is InChI=1S/C24H31N9/c1-3-5-10-33(11-6-4-2)14-16-8-7-9-17(12-16)21-19-20(27)18(13-25)22(28)31-23(19)32-24(30-21)29-15-26/h7-9,12,21H,3-6,10-11,14H2,1-2H3,(H6,27,28,29,30,31,32). The summed E-state index contributed by atoms with van der Waals surface area (Å²) in [7, 11) is 0. The molecule has 0 bridgehead atoms. The lowest BCUT2D eigenvalue weighted by Gasteiger charge is -2.27. The lowest BCUT2D eigenvalue weighted by atomic mass is 9.94. The van der Waals surface area contributed by atoms with Gasteiger partial charge in [-0.2, -0.15) is 10.5 Å². The molecule has 0 saturated heterocycles. The zero-order valence-electron chi connectivity index (χ0n) is 19.2. The Balaban J connectivity index is 2.00. The van der Waals surface area contributed by atoms with Gasteiger partial charge in [-0.05, 0) is 37.1 Å². The number of guanidine groups is 1. The Bertz CT molecular complexity index is 1090. The van der Waals surface area contributed by atoms with Crippen LogP contribution in [0, 0.1) is 22.8 Å². The largest absolute Gasteiger partial charge is 0.397 e. The molecule has 1 unspecified atom stereocenters. The average molecular weight is 446 g/mol. The number of aromatic nitrogens is 1. The van der Waals surface area contributed by atoms with Crippen LogP contribution in [0.15, 0.2) is 29.3 Å². The number of benzene rings is 1. The average Bonchev–Trinajstić information content (AvgIpc) is 2.80. The Morgan fingerprint density at radius 3 is 2.52 bits per heavy atom. The summed E-state index contributed by atoms with van der Waals surface area (Å²) in [6, 6.07) is 9.70. The molecule has 2 heterocycles. The highest BCUT2D eigenvalue weighted by atomic mass is 15.2. The number of unbranched alkanes of at least 4 members (excludes halogenated alkanes) is 2. The molecule has 9 heteroatoms. The van der Waals surface area contributed by atoms with Crippen molar-refractivity contribution in [1.82, 2.24) is 15.2 Å². The fourth-order valence-corrected chi connectivity index (χ4v) is 3.98. The topological polar surface area (TPSA) is 152 Å². The Hall–Kier alpha value is -3.82. The predicted molar refractivity (Wildman–Crippen MR) is 131 cm³/mol. The quantitative estimate of drug-likeness (QED) is 0.338. The van der Waals surface area contributed by atoms with Gasteiger partial charge < -0.3 is 16.8 Å². The van der Waals surface area contributed by atoms with Crippen LogP contribution in [0.5, 0.6) is 0 Å². The first-order chi connectivity index (χ1) is 16.0. The first-order valence-corrected chi connectivity index (χ1v) is 11.3. The number of pyridine rings is 1. The normalized spacial score (nSPS) is 14.6. The SMILES string of the molecule is CCCCN(CCCC)Cc1cccc(C2N=C(NC#N)Nc3nc(N)c(C#N)c(N)c32)c1. The molecule has 0 fully saturated rings. The number of nitrogens with two attached hydrogens (primary N) is 2. The molecule has 2 aromatic rings. The predicted octanol–water partition coefficient (Wildman–Crippen LogP) is 3.46. The van der Waals surface area contributed by atoms with Crippen LogP contribution in [0.3, 0.4) is 0 Å². The van der Waals surface area contributed by atoms with Crippen molar-refractivity contribution in [2.75, 3.05) is 29.9 Å². The first kappa shape index (κ1) is 23.8. The molecule has 1 atom stereocenters. The van der Waals surface area contributed by atoms with E-state index >= 15 is 0 Å². The third-order valence-electron chi connectivity index (χ3n) is 5.69. The molecule has 3 rings (SSSR count). The molecule has 1 aliphatic heterocycles. The molecule has 1 aromatic carbocycles. The van der Waals surface area contributed by atoms with Gasteiger partial charge in [-0.3, -0.25) is 10.2 Å². The highest BCUT2D eigenvalue weighted by Gasteiger charge is 2.29. The van der Waals surface area contributed by atoms with Crippen molar-refractivity contribution in [2.45, 2.75) is 52.1 Å². The zero-order valence-corrected chi connectivity index (χ0v) is 19.2. The number of aliphatic imine (C=N–C) groups is 1. The maximum absolute atomic E-state index is 9.51. The van der Waals surface area contributed by atoms with E-state index in [2.05, 4.69) is 51.5 Å². The summed E-state index contributed by atoms with van der Waals surface area (Å²) >= 11 is 0. The molecular weight excluding hydrogens is 414 g/mol. The molecule has 0 amide bonds. The minimum atomic E-state index is -0.531. The van der Waals surface area contributed by atoms with E-state index < -0.39 is 6.04 Å². The number of nitrogens with zero attached hydrogens (tertiary/aromatic N) is 5. The third-order valence-corrected chi connectivity index (χ3v) is 5.69. The van der Waals surface area contributed by atoms with E-state index in [0.29, 0.717) is 11.4 Å². The van der Waals surface area contributed by atoms with Gasteiger partial charge in [-0.1, -0.05) is 51.0 Å². The summed E-state index contributed by atoms with van der Waals surface area (Å²) in [5.41, 5.74) is 15.3. The second-order valence-electron chi connectivity index (χ2n) is 8.13. The molecule has 9 nitrogen and oxygen atoms in total. The van der Waals surface area contributed by atoms with Gasteiger partial charge >= 0.3 is 0 Å². The van der Waals surface area contributed by atoms with Crippen LogP contribution in [0.4, 0.5) is 17.3 Å². The number of nitriles is 2. The van der Waals surface area contributed by atoms with Crippen LogP contribution >= 0.6 is 0 Å². The molecule has 0 radical (unpaired) electrons.